The summed E-state index contributed by atoms with van der Waals surface area (Å²) >= 11 is 0. The second-order valence-corrected chi connectivity index (χ2v) is 13.8. The number of para-hydroxylation sites is 2. The van der Waals surface area contributed by atoms with Crippen LogP contribution in [0.5, 0.6) is 0 Å². The molecular formula is C56H65N4O6Zr2. The minimum absolute atomic E-state index is 0. The molecule has 1 radical (unpaired) electrons. The number of rotatable bonds is 19. The van der Waals surface area contributed by atoms with Crippen LogP contribution in [0, 0.1) is 4.91 Å². The van der Waals surface area contributed by atoms with Crippen molar-refractivity contribution >= 4 is 36.5 Å². The first kappa shape index (κ1) is 64.8. The zero-order chi connectivity index (χ0) is 48.5. The maximum absolute atomic E-state index is 9.88. The normalized spacial score (nSPS) is 9.15. The van der Waals surface area contributed by atoms with Gasteiger partial charge in [-0.25, -0.2) is 0 Å². The van der Waals surface area contributed by atoms with E-state index >= 15 is 0 Å². The monoisotopic (exact) mass is 1070 g/mol. The molecular weight excluding hydrogens is 1010 g/mol. The van der Waals surface area contributed by atoms with E-state index in [1.165, 1.54) is 38.6 Å². The van der Waals surface area contributed by atoms with Crippen LogP contribution in [0.3, 0.4) is 0 Å². The van der Waals surface area contributed by atoms with Crippen LogP contribution in [-0.2, 0) is 97.3 Å². The smallest absolute Gasteiger partial charge is 0.678 e. The molecule has 0 spiro atoms. The van der Waals surface area contributed by atoms with E-state index in [4.69, 9.17) is 10.6 Å². The van der Waals surface area contributed by atoms with Crippen molar-refractivity contribution in [3.05, 3.63) is 218 Å². The Hall–Kier alpha value is -5.27. The van der Waals surface area contributed by atoms with E-state index in [0.29, 0.717) is 35.3 Å². The molecule has 0 aliphatic heterocycles. The van der Waals surface area contributed by atoms with Gasteiger partial charge in [0.05, 0.1) is 30.4 Å². The minimum atomic E-state index is 0. The van der Waals surface area contributed by atoms with Crippen molar-refractivity contribution in [3.63, 3.8) is 0 Å². The first-order valence-electron chi connectivity index (χ1n) is 22.3. The molecule has 353 valence electrons. The van der Waals surface area contributed by atoms with Crippen molar-refractivity contribution in [1.82, 2.24) is 5.01 Å². The maximum Gasteiger partial charge on any atom is 3.00 e. The van der Waals surface area contributed by atoms with E-state index in [0.717, 1.165) is 52.0 Å². The number of ether oxygens (including phenoxy) is 1. The second kappa shape index (κ2) is 44.2. The quantitative estimate of drug-likeness (QED) is 0.0260. The average Bonchev–Trinajstić information content (AvgIpc) is 3.40. The molecule has 0 atom stereocenters. The van der Waals surface area contributed by atoms with Crippen LogP contribution in [0.25, 0.3) is 10.6 Å². The van der Waals surface area contributed by atoms with Gasteiger partial charge < -0.3 is 34.5 Å². The van der Waals surface area contributed by atoms with E-state index < -0.39 is 0 Å². The van der Waals surface area contributed by atoms with Crippen LogP contribution in [0.2, 0.25) is 0 Å². The predicted molar refractivity (Wildman–Crippen MR) is 272 cm³/mol. The Morgan fingerprint density at radius 3 is 0.838 bits per heavy atom. The molecule has 6 aromatic rings. The van der Waals surface area contributed by atoms with Crippen molar-refractivity contribution in [2.24, 2.45) is 5.29 Å². The van der Waals surface area contributed by atoms with Crippen LogP contribution < -0.4 is 0 Å². The van der Waals surface area contributed by atoms with Gasteiger partial charge >= 0.3 is 52.4 Å². The van der Waals surface area contributed by atoms with Crippen LogP contribution in [-0.4, -0.2) is 74.3 Å². The van der Waals surface area contributed by atoms with E-state index in [1.54, 1.807) is 122 Å². The molecule has 1 N–H and O–H groups in total. The Balaban J connectivity index is 0. The van der Waals surface area contributed by atoms with Gasteiger partial charge in [-0.3, -0.25) is 5.01 Å². The zero-order valence-corrected chi connectivity index (χ0v) is 45.3. The summed E-state index contributed by atoms with van der Waals surface area (Å²) in [6.45, 7) is 17.0. The van der Waals surface area contributed by atoms with E-state index in [-0.39, 0.29) is 52.4 Å². The number of carbonyl (C=O) groups excluding carboxylic acids is 4. The summed E-state index contributed by atoms with van der Waals surface area (Å²) < 4.78 is 4.64. The van der Waals surface area contributed by atoms with Crippen molar-refractivity contribution < 1.29 is 76.3 Å². The van der Waals surface area contributed by atoms with Gasteiger partial charge in [0.2, 0.25) is 0 Å². The molecule has 6 aromatic carbocycles. The summed E-state index contributed by atoms with van der Waals surface area (Å²) in [6.07, 6.45) is 11.2. The molecule has 0 fully saturated rings. The predicted octanol–water partition coefficient (Wildman–Crippen LogP) is 11.8. The third-order valence-corrected chi connectivity index (χ3v) is 9.40. The molecule has 0 aliphatic carbocycles. The second-order valence-electron chi connectivity index (χ2n) is 13.8. The summed E-state index contributed by atoms with van der Waals surface area (Å²) in [6, 6.07) is 48.6. The summed E-state index contributed by atoms with van der Waals surface area (Å²) in [4.78, 5) is 49.2. The van der Waals surface area contributed by atoms with Gasteiger partial charge in [-0.15, -0.1) is 64.8 Å². The summed E-state index contributed by atoms with van der Waals surface area (Å²) in [5.41, 5.74) is 10.2. The molecule has 0 saturated heterocycles. The number of hydrogen-bond donors (Lipinski definition) is 0. The fourth-order valence-electron chi connectivity index (χ4n) is 5.78. The molecule has 6 rings (SSSR count). The van der Waals surface area contributed by atoms with Crippen molar-refractivity contribution in [3.8, 4) is 0 Å². The van der Waals surface area contributed by atoms with Gasteiger partial charge in [-0.05, 0) is 39.5 Å². The van der Waals surface area contributed by atoms with Crippen LogP contribution in [0.15, 0.2) is 163 Å². The van der Waals surface area contributed by atoms with Crippen molar-refractivity contribution in [2.45, 2.75) is 67.2 Å². The number of nitroso groups, excluding NO2 is 1. The summed E-state index contributed by atoms with van der Waals surface area (Å²) in [5.74, 6) is 0. The molecule has 0 saturated carbocycles. The zero-order valence-electron chi connectivity index (χ0n) is 40.4. The SMILES string of the molecule is CCN(CC)N=O.CCc1cccc(CC)c1[N-]CC[OH+]CC[N-]c1c(CC)cccc1CC.O=[C-]c1ccccc1.O=[C-]c1ccccc1.O=[C-]c1ccccc1.O=[C-]c1ccccc1.[Zr+2].[Zr+3]. The molecule has 10 nitrogen and oxygen atoms in total. The number of benzene rings is 6. The standard InChI is InChI=1S/C24H34N2O.4C7H5O.C4H10N2O.2Zr/c1-5-19-11-9-12-20(6-2)23(19)25-15-17-27-18-16-26-24-21(7-3)13-10-14-22(24)8-4;4*8-6-7-4-2-1-3-5-7;1-3-6(4-2)5-7;;/h9-14H,5-8,15-18H2,1-4H3;4*1-5H;3-4H2,1-2H3;;/q-2;4*-1;;+2;+3/p+1. The Morgan fingerprint density at radius 1 is 0.426 bits per heavy atom. The maximum atomic E-state index is 9.88. The minimum Gasteiger partial charge on any atom is -0.678 e. The van der Waals surface area contributed by atoms with Crippen LogP contribution >= 0.6 is 0 Å². The molecule has 0 aliphatic rings. The van der Waals surface area contributed by atoms with Gasteiger partial charge in [0.15, 0.2) is 0 Å². The Labute approximate surface area is 444 Å². The summed E-state index contributed by atoms with van der Waals surface area (Å²) in [7, 11) is 0. The molecule has 0 unspecified atom stereocenters. The van der Waals surface area contributed by atoms with E-state index in [9.17, 15) is 24.1 Å². The number of aliphatic hydroxyl groups is 2. The Bertz CT molecular complexity index is 1890. The molecule has 12 heteroatoms. The molecule has 68 heavy (non-hydrogen) atoms. The third kappa shape index (κ3) is 28.8. The topological polar surface area (TPSA) is 142 Å². The Morgan fingerprint density at radius 2 is 0.676 bits per heavy atom. The molecule has 0 bridgehead atoms. The molecule has 0 amide bonds. The van der Waals surface area contributed by atoms with Gasteiger partial charge in [0.25, 0.3) is 0 Å². The van der Waals surface area contributed by atoms with E-state index in [1.807, 2.05) is 38.1 Å². The number of nitrogens with zero attached hydrogens (tertiary/aromatic N) is 4. The van der Waals surface area contributed by atoms with E-state index in [2.05, 4.69) is 74.1 Å². The largest absolute Gasteiger partial charge is 3.00 e. The van der Waals surface area contributed by atoms with Gasteiger partial charge in [-0.2, -0.15) is 70.8 Å². The molecule has 0 heterocycles. The van der Waals surface area contributed by atoms with Crippen molar-refractivity contribution in [1.29, 1.82) is 0 Å². The average molecular weight is 1070 g/mol. The first-order chi connectivity index (χ1) is 32.3. The Kier molecular flexibility index (Phi) is 42.2. The van der Waals surface area contributed by atoms with Crippen LogP contribution in [0.4, 0.5) is 11.4 Å². The fraction of sp³-hybridized carbons (Fsp3) is 0.286. The van der Waals surface area contributed by atoms with Gasteiger partial charge in [-0.1, -0.05) is 124 Å². The third-order valence-electron chi connectivity index (χ3n) is 9.40. The van der Waals surface area contributed by atoms with Crippen molar-refractivity contribution in [2.75, 3.05) is 39.4 Å². The van der Waals surface area contributed by atoms with Gasteiger partial charge in [0.1, 0.15) is 13.2 Å². The van der Waals surface area contributed by atoms with Gasteiger partial charge in [0, 0.05) is 13.1 Å². The van der Waals surface area contributed by atoms with Crippen LogP contribution in [0.1, 0.15) is 86.1 Å². The first-order valence-corrected chi connectivity index (χ1v) is 22.3. The number of aryl methyl sites for hydroxylation is 4. The summed E-state index contributed by atoms with van der Waals surface area (Å²) in [5, 5.41) is 13.8. The molecule has 0 aromatic heterocycles. The fourth-order valence-corrected chi connectivity index (χ4v) is 5.78. The number of hydrogen-bond acceptors (Lipinski definition) is 6.